The molecule has 160 valence electrons. The van der Waals surface area contributed by atoms with Crippen LogP contribution < -0.4 is 10.4 Å². The first kappa shape index (κ1) is 21.7. The quantitative estimate of drug-likeness (QED) is 0.558. The summed E-state index contributed by atoms with van der Waals surface area (Å²) in [7, 11) is 1.85. The summed E-state index contributed by atoms with van der Waals surface area (Å²) in [5.74, 6) is -0.401. The Morgan fingerprint density at radius 3 is 2.63 bits per heavy atom. The number of carbonyl (C=O) groups is 2. The lowest BCUT2D eigenvalue weighted by Gasteiger charge is -2.36. The Kier molecular flexibility index (Phi) is 6.99. The number of hydrazine groups is 1. The monoisotopic (exact) mass is 413 g/mol. The molecule has 1 aliphatic rings. The van der Waals surface area contributed by atoms with Crippen molar-refractivity contribution in [1.29, 1.82) is 0 Å². The van der Waals surface area contributed by atoms with E-state index in [0.29, 0.717) is 18.6 Å². The van der Waals surface area contributed by atoms with Crippen LogP contribution in [-0.2, 0) is 16.1 Å². The number of carbonyl (C=O) groups excluding carboxylic acids is 2. The van der Waals surface area contributed by atoms with Gasteiger partial charge in [-0.2, -0.15) is 0 Å². The van der Waals surface area contributed by atoms with Gasteiger partial charge in [0.25, 0.3) is 0 Å². The number of hydrogen-bond donors (Lipinski definition) is 1. The lowest BCUT2D eigenvalue weighted by atomic mass is 10.0. The average Bonchev–Trinajstić information content (AvgIpc) is 2.75. The molecule has 0 bridgehead atoms. The highest BCUT2D eigenvalue weighted by Gasteiger charge is 2.24. The minimum Gasteiger partial charge on any atom is -0.343 e. The largest absolute Gasteiger partial charge is 0.343 e. The van der Waals surface area contributed by atoms with E-state index in [9.17, 15) is 14.0 Å². The molecule has 3 rings (SSSR count). The number of pyridine rings is 1. The Morgan fingerprint density at radius 2 is 2.03 bits per heavy atom. The first-order chi connectivity index (χ1) is 14.4. The van der Waals surface area contributed by atoms with Gasteiger partial charge in [-0.15, -0.1) is 0 Å². The van der Waals surface area contributed by atoms with Crippen LogP contribution in [0.15, 0.2) is 36.5 Å². The van der Waals surface area contributed by atoms with Crippen molar-refractivity contribution in [1.82, 2.24) is 14.8 Å². The zero-order valence-corrected chi connectivity index (χ0v) is 17.6. The Bertz CT molecular complexity index is 882. The van der Waals surface area contributed by atoms with Gasteiger partial charge in [-0.25, -0.2) is 9.40 Å². The number of halogens is 1. The Hall–Kier alpha value is -3.00. The number of piperidine rings is 1. The van der Waals surface area contributed by atoms with Gasteiger partial charge < -0.3 is 4.90 Å². The number of nitrogens with zero attached hydrogens (tertiary/aromatic N) is 4. The smallest absolute Gasteiger partial charge is 0.232 e. The molecule has 2 heterocycles. The third-order valence-electron chi connectivity index (χ3n) is 5.54. The minimum atomic E-state index is -0.486. The molecule has 1 saturated heterocycles. The van der Waals surface area contributed by atoms with Crippen LogP contribution in [0.1, 0.15) is 31.0 Å². The number of likely N-dealkylation sites (tertiary alicyclic amines) is 1. The van der Waals surface area contributed by atoms with Crippen LogP contribution >= 0.6 is 0 Å². The summed E-state index contributed by atoms with van der Waals surface area (Å²) in [6.07, 6.45) is 3.96. The Labute approximate surface area is 176 Å². The fourth-order valence-corrected chi connectivity index (χ4v) is 3.64. The summed E-state index contributed by atoms with van der Waals surface area (Å²) in [5.41, 5.74) is 5.41. The fraction of sp³-hybridized carbons (Fsp3) is 0.409. The summed E-state index contributed by atoms with van der Waals surface area (Å²) in [6, 6.07) is 8.66. The van der Waals surface area contributed by atoms with Crippen LogP contribution in [0.25, 0.3) is 0 Å². The van der Waals surface area contributed by atoms with Gasteiger partial charge in [-0.1, -0.05) is 6.07 Å². The van der Waals surface area contributed by atoms with Gasteiger partial charge in [-0.05, 0) is 49.6 Å². The van der Waals surface area contributed by atoms with Crippen LogP contribution in [-0.4, -0.2) is 53.3 Å². The highest BCUT2D eigenvalue weighted by molar-refractivity contribution is 5.79. The maximum atomic E-state index is 14.5. The maximum absolute atomic E-state index is 14.5. The fourth-order valence-electron chi connectivity index (χ4n) is 3.64. The van der Waals surface area contributed by atoms with Crippen LogP contribution in [0.5, 0.6) is 0 Å². The van der Waals surface area contributed by atoms with Gasteiger partial charge in [0.2, 0.25) is 12.3 Å². The zero-order valence-electron chi connectivity index (χ0n) is 17.6. The number of aromatic nitrogens is 1. The van der Waals surface area contributed by atoms with Gasteiger partial charge in [0.15, 0.2) is 0 Å². The number of rotatable bonds is 7. The Morgan fingerprint density at radius 1 is 1.30 bits per heavy atom. The zero-order chi connectivity index (χ0) is 21.7. The average molecular weight is 413 g/mol. The van der Waals surface area contributed by atoms with Gasteiger partial charge in [0, 0.05) is 45.3 Å². The highest BCUT2D eigenvalue weighted by atomic mass is 19.1. The lowest BCUT2D eigenvalue weighted by Crippen LogP contribution is -2.44. The van der Waals surface area contributed by atoms with Crippen molar-refractivity contribution < 1.29 is 14.0 Å². The van der Waals surface area contributed by atoms with E-state index < -0.39 is 5.82 Å². The Balaban J connectivity index is 1.66. The molecule has 1 N–H and O–H groups in total. The van der Waals surface area contributed by atoms with E-state index >= 15 is 0 Å². The van der Waals surface area contributed by atoms with Gasteiger partial charge in [-0.3, -0.25) is 24.9 Å². The SMILES string of the molecule is CC(=O)N(C)C1CCN(Cc2ccc(F)c(N(C=O)Nc3ccc(C)nc3)c2)CC1. The highest BCUT2D eigenvalue weighted by Crippen LogP contribution is 2.24. The summed E-state index contributed by atoms with van der Waals surface area (Å²) < 4.78 is 14.5. The molecule has 0 spiro atoms. The predicted molar refractivity (Wildman–Crippen MR) is 114 cm³/mol. The van der Waals surface area contributed by atoms with E-state index in [0.717, 1.165) is 42.2 Å². The molecule has 0 atom stereocenters. The number of anilines is 2. The second-order valence-corrected chi connectivity index (χ2v) is 7.70. The topological polar surface area (TPSA) is 68.8 Å². The van der Waals surface area contributed by atoms with Gasteiger partial charge in [0.1, 0.15) is 11.5 Å². The minimum absolute atomic E-state index is 0.0851. The second-order valence-electron chi connectivity index (χ2n) is 7.70. The van der Waals surface area contributed by atoms with E-state index in [2.05, 4.69) is 15.3 Å². The van der Waals surface area contributed by atoms with Gasteiger partial charge >= 0.3 is 0 Å². The number of hydrogen-bond acceptors (Lipinski definition) is 5. The summed E-state index contributed by atoms with van der Waals surface area (Å²) in [6.45, 7) is 5.83. The molecule has 2 aromatic rings. The molecule has 8 heteroatoms. The van der Waals surface area contributed by atoms with E-state index in [-0.39, 0.29) is 17.6 Å². The van der Waals surface area contributed by atoms with E-state index in [1.165, 1.54) is 6.07 Å². The molecule has 1 aliphatic heterocycles. The molecular weight excluding hydrogens is 385 g/mol. The molecule has 2 amide bonds. The molecule has 30 heavy (non-hydrogen) atoms. The van der Waals surface area contributed by atoms with Crippen LogP contribution in [0.3, 0.4) is 0 Å². The number of aryl methyl sites for hydroxylation is 1. The number of nitrogens with one attached hydrogen (secondary N) is 1. The van der Waals surface area contributed by atoms with Crippen molar-refractivity contribution in [3.63, 3.8) is 0 Å². The van der Waals surface area contributed by atoms with E-state index in [4.69, 9.17) is 0 Å². The summed E-state index contributed by atoms with van der Waals surface area (Å²) in [4.78, 5) is 31.4. The molecule has 0 radical (unpaired) electrons. The van der Waals surface area contributed by atoms with Crippen molar-refractivity contribution in [2.75, 3.05) is 30.6 Å². The van der Waals surface area contributed by atoms with E-state index in [1.807, 2.05) is 20.0 Å². The molecule has 0 unspecified atom stereocenters. The van der Waals surface area contributed by atoms with Crippen molar-refractivity contribution in [2.45, 2.75) is 39.3 Å². The molecule has 0 saturated carbocycles. The molecule has 1 aromatic heterocycles. The predicted octanol–water partition coefficient (Wildman–Crippen LogP) is 2.96. The van der Waals surface area contributed by atoms with Crippen molar-refractivity contribution in [2.24, 2.45) is 0 Å². The summed E-state index contributed by atoms with van der Waals surface area (Å²) in [5, 5.41) is 1.12. The molecular formula is C22H28FN5O2. The van der Waals surface area contributed by atoms with Gasteiger partial charge in [0.05, 0.1) is 11.9 Å². The first-order valence-electron chi connectivity index (χ1n) is 10.1. The van der Waals surface area contributed by atoms with Crippen LogP contribution in [0.4, 0.5) is 15.8 Å². The molecule has 0 aliphatic carbocycles. The molecule has 7 nitrogen and oxygen atoms in total. The molecule has 1 fully saturated rings. The van der Waals surface area contributed by atoms with Crippen LogP contribution in [0.2, 0.25) is 0 Å². The van der Waals surface area contributed by atoms with Crippen molar-refractivity contribution in [3.8, 4) is 0 Å². The maximum Gasteiger partial charge on any atom is 0.232 e. The molecule has 1 aromatic carbocycles. The standard InChI is InChI=1S/C22H28FN5O2/c1-16-4-6-19(13-24-16)25-28(15-29)22-12-18(5-7-21(22)23)14-27-10-8-20(9-11-27)26(3)17(2)30/h4-7,12-13,15,20,25H,8-11,14H2,1-3H3. The number of amides is 2. The number of benzene rings is 1. The van der Waals surface area contributed by atoms with Crippen LogP contribution in [0, 0.1) is 12.7 Å². The lowest BCUT2D eigenvalue weighted by molar-refractivity contribution is -0.130. The third kappa shape index (κ3) is 5.33. The van der Waals surface area contributed by atoms with E-state index in [1.54, 1.807) is 36.2 Å². The normalized spacial score (nSPS) is 14.9. The third-order valence-corrected chi connectivity index (χ3v) is 5.54. The second kappa shape index (κ2) is 9.67. The summed E-state index contributed by atoms with van der Waals surface area (Å²) >= 11 is 0. The first-order valence-corrected chi connectivity index (χ1v) is 10.1. The van der Waals surface area contributed by atoms with Crippen molar-refractivity contribution >= 4 is 23.7 Å². The van der Waals surface area contributed by atoms with Crippen molar-refractivity contribution in [3.05, 3.63) is 53.6 Å².